The maximum absolute atomic E-state index is 12.2. The van der Waals surface area contributed by atoms with E-state index < -0.39 is 11.9 Å². The van der Waals surface area contributed by atoms with Crippen LogP contribution in [0, 0.1) is 6.92 Å². The third-order valence-corrected chi connectivity index (χ3v) is 3.68. The Bertz CT molecular complexity index is 1000. The van der Waals surface area contributed by atoms with Gasteiger partial charge in [-0.2, -0.15) is 0 Å². The van der Waals surface area contributed by atoms with Crippen LogP contribution in [0.15, 0.2) is 57.9 Å². The summed E-state index contributed by atoms with van der Waals surface area (Å²) in [7, 11) is 1.29. The lowest BCUT2D eigenvalue weighted by molar-refractivity contribution is 0.0600. The quantitative estimate of drug-likeness (QED) is 0.429. The van der Waals surface area contributed by atoms with E-state index in [9.17, 15) is 9.59 Å². The second-order valence-electron chi connectivity index (χ2n) is 5.60. The molecule has 26 heavy (non-hydrogen) atoms. The topological polar surface area (TPSA) is 107 Å². The molecule has 0 fully saturated rings. The minimum Gasteiger partial charge on any atom is -0.465 e. The van der Waals surface area contributed by atoms with Crippen LogP contribution >= 0.6 is 0 Å². The number of amides is 1. The molecule has 0 aliphatic rings. The summed E-state index contributed by atoms with van der Waals surface area (Å²) >= 11 is 0. The van der Waals surface area contributed by atoms with Crippen molar-refractivity contribution in [1.29, 1.82) is 0 Å². The summed E-state index contributed by atoms with van der Waals surface area (Å²) in [4.78, 5) is 27.8. The predicted octanol–water partition coefficient (Wildman–Crippen LogP) is 2.90. The van der Waals surface area contributed by atoms with E-state index in [4.69, 9.17) is 10.2 Å². The highest BCUT2D eigenvalue weighted by molar-refractivity contribution is 6.06. The second kappa shape index (κ2) is 7.10. The Morgan fingerprint density at radius 2 is 1.77 bits per heavy atom. The van der Waals surface area contributed by atoms with Crippen LogP contribution in [-0.2, 0) is 4.74 Å². The van der Waals surface area contributed by atoms with Gasteiger partial charge in [0.15, 0.2) is 0 Å². The molecule has 0 spiro atoms. The van der Waals surface area contributed by atoms with Crippen LogP contribution in [0.1, 0.15) is 26.5 Å². The Hall–Kier alpha value is -3.61. The van der Waals surface area contributed by atoms with Crippen molar-refractivity contribution in [2.45, 2.75) is 6.92 Å². The first-order valence-electron chi connectivity index (χ1n) is 7.80. The van der Waals surface area contributed by atoms with Gasteiger partial charge >= 0.3 is 5.97 Å². The first-order valence-corrected chi connectivity index (χ1v) is 7.80. The first kappa shape index (κ1) is 17.2. The summed E-state index contributed by atoms with van der Waals surface area (Å²) in [5.74, 6) is -0.129. The van der Waals surface area contributed by atoms with Gasteiger partial charge in [-0.1, -0.05) is 0 Å². The maximum atomic E-state index is 12.2. The van der Waals surface area contributed by atoms with Crippen molar-refractivity contribution in [3.05, 3.63) is 65.4 Å². The van der Waals surface area contributed by atoms with Gasteiger partial charge in [-0.15, -0.1) is 0 Å². The number of esters is 1. The van der Waals surface area contributed by atoms with Crippen molar-refractivity contribution in [1.82, 2.24) is 5.32 Å². The molecule has 0 aliphatic heterocycles. The predicted molar refractivity (Wildman–Crippen MR) is 97.5 cm³/mol. The van der Waals surface area contributed by atoms with Crippen LogP contribution in [0.2, 0.25) is 0 Å². The highest BCUT2D eigenvalue weighted by atomic mass is 16.5. The Morgan fingerprint density at radius 3 is 2.46 bits per heavy atom. The van der Waals surface area contributed by atoms with Crippen LogP contribution < -0.4 is 11.1 Å². The Morgan fingerprint density at radius 1 is 1.08 bits per heavy atom. The van der Waals surface area contributed by atoms with Crippen LogP contribution in [-0.4, -0.2) is 24.9 Å². The van der Waals surface area contributed by atoms with Gasteiger partial charge in [-0.25, -0.2) is 9.79 Å². The zero-order chi connectivity index (χ0) is 18.7. The van der Waals surface area contributed by atoms with Gasteiger partial charge in [-0.05, 0) is 55.5 Å². The number of carbonyl (C=O) groups is 2. The van der Waals surface area contributed by atoms with Crippen LogP contribution in [0.4, 0.5) is 5.69 Å². The number of nitrogens with zero attached hydrogens (tertiary/aromatic N) is 1. The fourth-order valence-electron chi connectivity index (χ4n) is 2.46. The van der Waals surface area contributed by atoms with Crippen LogP contribution in [0.25, 0.3) is 11.0 Å². The van der Waals surface area contributed by atoms with Crippen molar-refractivity contribution in [2.24, 2.45) is 10.7 Å². The molecule has 1 heterocycles. The second-order valence-corrected chi connectivity index (χ2v) is 5.60. The normalized spacial score (nSPS) is 11.4. The number of guanidine groups is 1. The number of furan rings is 1. The summed E-state index contributed by atoms with van der Waals surface area (Å²) in [6.45, 7) is 1.86. The van der Waals surface area contributed by atoms with E-state index in [2.05, 4.69) is 15.0 Å². The van der Waals surface area contributed by atoms with Crippen molar-refractivity contribution in [2.75, 3.05) is 7.11 Å². The number of methoxy groups -OCH3 is 1. The number of aliphatic imine (C=N–C) groups is 1. The molecule has 0 radical (unpaired) electrons. The van der Waals surface area contributed by atoms with Crippen LogP contribution in [0.3, 0.4) is 0 Å². The van der Waals surface area contributed by atoms with Gasteiger partial charge in [-0.3, -0.25) is 10.1 Å². The Balaban J connectivity index is 1.73. The van der Waals surface area contributed by atoms with E-state index in [-0.39, 0.29) is 5.96 Å². The van der Waals surface area contributed by atoms with E-state index >= 15 is 0 Å². The molecule has 3 aromatic rings. The number of aryl methyl sites for hydroxylation is 1. The van der Waals surface area contributed by atoms with E-state index in [0.29, 0.717) is 16.8 Å². The molecule has 7 nitrogen and oxygen atoms in total. The number of ether oxygens (including phenoxy) is 1. The van der Waals surface area contributed by atoms with E-state index in [1.165, 1.54) is 31.4 Å². The van der Waals surface area contributed by atoms with Gasteiger partial charge in [0.25, 0.3) is 5.91 Å². The lowest BCUT2D eigenvalue weighted by Crippen LogP contribution is -2.36. The summed E-state index contributed by atoms with van der Waals surface area (Å²) in [5, 5.41) is 3.41. The molecule has 0 aliphatic carbocycles. The fourth-order valence-corrected chi connectivity index (χ4v) is 2.46. The molecule has 1 aromatic heterocycles. The number of rotatable bonds is 3. The molecule has 0 unspecified atom stereocenters. The highest BCUT2D eigenvalue weighted by Crippen LogP contribution is 2.24. The summed E-state index contributed by atoms with van der Waals surface area (Å²) < 4.78 is 10.1. The molecule has 0 atom stereocenters. The van der Waals surface area contributed by atoms with Crippen molar-refractivity contribution < 1.29 is 18.7 Å². The molecule has 1 amide bonds. The van der Waals surface area contributed by atoms with Gasteiger partial charge in [0.2, 0.25) is 5.96 Å². The highest BCUT2D eigenvalue weighted by Gasteiger charge is 2.10. The van der Waals surface area contributed by atoms with Crippen molar-refractivity contribution in [3.8, 4) is 0 Å². The average molecular weight is 351 g/mol. The maximum Gasteiger partial charge on any atom is 0.337 e. The minimum absolute atomic E-state index is 0.0355. The SMILES string of the molecule is COC(=O)c1ccc(C(=O)NC(N)=Nc2ccc3oc(C)cc3c2)cc1. The van der Waals surface area contributed by atoms with Crippen LogP contribution in [0.5, 0.6) is 0 Å². The number of benzene rings is 2. The van der Waals surface area contributed by atoms with Gasteiger partial charge in [0.1, 0.15) is 11.3 Å². The number of carbonyl (C=O) groups excluding carboxylic acids is 2. The number of nitrogens with one attached hydrogen (secondary N) is 1. The van der Waals surface area contributed by atoms with E-state index in [1.807, 2.05) is 19.1 Å². The van der Waals surface area contributed by atoms with Gasteiger partial charge in [0, 0.05) is 10.9 Å². The lowest BCUT2D eigenvalue weighted by Gasteiger charge is -2.05. The third kappa shape index (κ3) is 3.72. The lowest BCUT2D eigenvalue weighted by atomic mass is 10.1. The van der Waals surface area contributed by atoms with Gasteiger partial charge in [0.05, 0.1) is 18.4 Å². The van der Waals surface area contributed by atoms with Crippen molar-refractivity contribution >= 4 is 34.5 Å². The molecule has 0 saturated heterocycles. The third-order valence-electron chi connectivity index (χ3n) is 3.68. The molecule has 132 valence electrons. The standard InChI is InChI=1S/C19H17N3O4/c1-11-9-14-10-15(7-8-16(14)26-11)21-19(20)22-17(23)12-3-5-13(6-4-12)18(24)25-2/h3-10H,1-2H3,(H3,20,21,22,23). The molecular weight excluding hydrogens is 334 g/mol. The number of hydrogen-bond acceptors (Lipinski definition) is 5. The summed E-state index contributed by atoms with van der Waals surface area (Å²) in [5.41, 5.74) is 7.87. The smallest absolute Gasteiger partial charge is 0.337 e. The van der Waals surface area contributed by atoms with Gasteiger partial charge < -0.3 is 14.9 Å². The minimum atomic E-state index is -0.470. The fraction of sp³-hybridized carbons (Fsp3) is 0.105. The Kier molecular flexibility index (Phi) is 4.70. The monoisotopic (exact) mass is 351 g/mol. The summed E-state index contributed by atoms with van der Waals surface area (Å²) in [6.07, 6.45) is 0. The largest absolute Gasteiger partial charge is 0.465 e. The summed E-state index contributed by atoms with van der Waals surface area (Å²) in [6, 6.07) is 13.3. The average Bonchev–Trinajstić information content (AvgIpc) is 3.00. The molecular formula is C19H17N3O4. The molecule has 0 bridgehead atoms. The number of nitrogens with two attached hydrogens (primary N) is 1. The number of hydrogen-bond donors (Lipinski definition) is 2. The molecule has 7 heteroatoms. The van der Waals surface area contributed by atoms with E-state index in [1.54, 1.807) is 12.1 Å². The van der Waals surface area contributed by atoms with E-state index in [0.717, 1.165) is 16.7 Å². The molecule has 3 rings (SSSR count). The molecule has 0 saturated carbocycles. The zero-order valence-corrected chi connectivity index (χ0v) is 14.3. The Labute approximate surface area is 149 Å². The molecule has 2 aromatic carbocycles. The zero-order valence-electron chi connectivity index (χ0n) is 14.3. The van der Waals surface area contributed by atoms with Crippen molar-refractivity contribution in [3.63, 3.8) is 0 Å². The molecule has 3 N–H and O–H groups in total. The first-order chi connectivity index (χ1) is 12.5. The number of fused-ring (bicyclic) bond motifs is 1.